The summed E-state index contributed by atoms with van der Waals surface area (Å²) in [5, 5.41) is 3.78. The molecule has 2 nitrogen and oxygen atoms in total. The molecule has 0 aromatic heterocycles. The van der Waals surface area contributed by atoms with E-state index in [1.807, 2.05) is 0 Å². The van der Waals surface area contributed by atoms with Gasteiger partial charge in [-0.15, -0.1) is 0 Å². The van der Waals surface area contributed by atoms with Gasteiger partial charge in [0, 0.05) is 18.1 Å². The van der Waals surface area contributed by atoms with Gasteiger partial charge in [0.25, 0.3) is 0 Å². The molecule has 21 heavy (non-hydrogen) atoms. The molecule has 0 aromatic carbocycles. The van der Waals surface area contributed by atoms with E-state index in [0.29, 0.717) is 11.0 Å². The lowest BCUT2D eigenvalue weighted by atomic mass is 9.47. The Morgan fingerprint density at radius 2 is 1.62 bits per heavy atom. The molecule has 4 bridgehead atoms. The molecule has 0 aromatic rings. The lowest BCUT2D eigenvalue weighted by molar-refractivity contribution is -0.0798. The van der Waals surface area contributed by atoms with Crippen LogP contribution in [0, 0.1) is 23.2 Å². The van der Waals surface area contributed by atoms with Gasteiger partial charge in [-0.1, -0.05) is 0 Å². The van der Waals surface area contributed by atoms with E-state index in [9.17, 15) is 0 Å². The lowest BCUT2D eigenvalue weighted by Gasteiger charge is -2.60. The number of nitrogens with one attached hydrogen (secondary N) is 1. The zero-order valence-corrected chi connectivity index (χ0v) is 14.3. The van der Waals surface area contributed by atoms with E-state index in [-0.39, 0.29) is 0 Å². The Bertz CT molecular complexity index is 365. The topological polar surface area (TPSA) is 15.3 Å². The van der Waals surface area contributed by atoms with Gasteiger partial charge in [0.1, 0.15) is 0 Å². The first-order valence-electron chi connectivity index (χ1n) is 9.43. The second-order valence-corrected chi connectivity index (χ2v) is 9.48. The SMILES string of the molecule is CNC(CN1CCCC1(C)C)C12CC3CC(CC(C3)C1)C2. The summed E-state index contributed by atoms with van der Waals surface area (Å²) in [6.07, 6.45) is 12.0. The Morgan fingerprint density at radius 1 is 1.05 bits per heavy atom. The first-order chi connectivity index (χ1) is 10.0. The van der Waals surface area contributed by atoms with Crippen molar-refractivity contribution in [2.24, 2.45) is 23.2 Å². The molecule has 1 heterocycles. The van der Waals surface area contributed by atoms with Gasteiger partial charge in [0.15, 0.2) is 0 Å². The average Bonchev–Trinajstić information content (AvgIpc) is 2.73. The molecule has 4 saturated carbocycles. The maximum Gasteiger partial charge on any atom is 0.0248 e. The van der Waals surface area contributed by atoms with Crippen molar-refractivity contribution in [1.29, 1.82) is 0 Å². The lowest BCUT2D eigenvalue weighted by Crippen LogP contribution is -2.59. The molecule has 5 aliphatic rings. The fourth-order valence-electron chi connectivity index (χ4n) is 6.92. The van der Waals surface area contributed by atoms with E-state index in [0.717, 1.165) is 23.8 Å². The maximum absolute atomic E-state index is 3.78. The van der Waals surface area contributed by atoms with Crippen LogP contribution in [0.25, 0.3) is 0 Å². The predicted octanol–water partition coefficient (Wildman–Crippen LogP) is 3.67. The van der Waals surface area contributed by atoms with Crippen LogP contribution in [0.5, 0.6) is 0 Å². The average molecular weight is 290 g/mol. The van der Waals surface area contributed by atoms with E-state index in [2.05, 4.69) is 31.1 Å². The van der Waals surface area contributed by atoms with E-state index in [1.165, 1.54) is 45.2 Å². The van der Waals surface area contributed by atoms with Crippen molar-refractivity contribution in [3.05, 3.63) is 0 Å². The number of nitrogens with zero attached hydrogens (tertiary/aromatic N) is 1. The molecular formula is C19H34N2. The van der Waals surface area contributed by atoms with Gasteiger partial charge in [-0.2, -0.15) is 0 Å². The Hall–Kier alpha value is -0.0800. The van der Waals surface area contributed by atoms with Crippen molar-refractivity contribution in [2.75, 3.05) is 20.1 Å². The van der Waals surface area contributed by atoms with Crippen molar-refractivity contribution in [1.82, 2.24) is 10.2 Å². The summed E-state index contributed by atoms with van der Waals surface area (Å²) in [6, 6.07) is 0.725. The van der Waals surface area contributed by atoms with Crippen molar-refractivity contribution >= 4 is 0 Å². The van der Waals surface area contributed by atoms with Crippen LogP contribution < -0.4 is 5.32 Å². The minimum absolute atomic E-state index is 0.428. The van der Waals surface area contributed by atoms with Crippen molar-refractivity contribution < 1.29 is 0 Å². The summed E-state index contributed by atoms with van der Waals surface area (Å²) in [6.45, 7) is 7.51. The van der Waals surface area contributed by atoms with Crippen LogP contribution >= 0.6 is 0 Å². The minimum Gasteiger partial charge on any atom is -0.315 e. The maximum atomic E-state index is 3.78. The molecular weight excluding hydrogens is 256 g/mol. The Kier molecular flexibility index (Phi) is 3.43. The van der Waals surface area contributed by atoms with Crippen molar-refractivity contribution in [3.63, 3.8) is 0 Å². The summed E-state index contributed by atoms with van der Waals surface area (Å²) in [7, 11) is 2.23. The Balaban J connectivity index is 1.53. The fraction of sp³-hybridized carbons (Fsp3) is 1.00. The van der Waals surface area contributed by atoms with E-state index in [1.54, 1.807) is 19.3 Å². The number of rotatable bonds is 4. The minimum atomic E-state index is 0.428. The largest absolute Gasteiger partial charge is 0.315 e. The predicted molar refractivity (Wildman–Crippen MR) is 88.3 cm³/mol. The molecule has 1 aliphatic heterocycles. The second kappa shape index (κ2) is 4.96. The van der Waals surface area contributed by atoms with Crippen LogP contribution in [-0.2, 0) is 0 Å². The summed E-state index contributed by atoms with van der Waals surface area (Å²) in [4.78, 5) is 2.78. The third-order valence-electron chi connectivity index (χ3n) is 7.65. The zero-order chi connectivity index (χ0) is 14.7. The molecule has 1 N–H and O–H groups in total. The normalized spacial score (nSPS) is 46.1. The van der Waals surface area contributed by atoms with Gasteiger partial charge in [0.2, 0.25) is 0 Å². The molecule has 5 rings (SSSR count). The molecule has 0 amide bonds. The highest BCUT2D eigenvalue weighted by Crippen LogP contribution is 2.61. The number of hydrogen-bond acceptors (Lipinski definition) is 2. The smallest absolute Gasteiger partial charge is 0.0248 e. The molecule has 0 spiro atoms. The third-order valence-corrected chi connectivity index (χ3v) is 7.65. The molecule has 1 unspecified atom stereocenters. The molecule has 5 fully saturated rings. The van der Waals surface area contributed by atoms with Gasteiger partial charge in [0.05, 0.1) is 0 Å². The van der Waals surface area contributed by atoms with Gasteiger partial charge in [-0.25, -0.2) is 0 Å². The van der Waals surface area contributed by atoms with Crippen LogP contribution in [0.15, 0.2) is 0 Å². The van der Waals surface area contributed by atoms with Gasteiger partial charge >= 0.3 is 0 Å². The fourth-order valence-corrected chi connectivity index (χ4v) is 6.92. The first kappa shape index (κ1) is 14.5. The van der Waals surface area contributed by atoms with Crippen LogP contribution in [0.3, 0.4) is 0 Å². The van der Waals surface area contributed by atoms with Gasteiger partial charge in [-0.05, 0) is 102 Å². The van der Waals surface area contributed by atoms with E-state index >= 15 is 0 Å². The molecule has 120 valence electrons. The molecule has 1 saturated heterocycles. The molecule has 0 radical (unpaired) electrons. The summed E-state index contributed by atoms with van der Waals surface area (Å²) in [5.41, 5.74) is 1.07. The molecule has 1 atom stereocenters. The van der Waals surface area contributed by atoms with Crippen LogP contribution in [0.2, 0.25) is 0 Å². The highest BCUT2D eigenvalue weighted by molar-refractivity contribution is 5.07. The van der Waals surface area contributed by atoms with E-state index in [4.69, 9.17) is 0 Å². The Morgan fingerprint density at radius 3 is 2.05 bits per heavy atom. The van der Waals surface area contributed by atoms with Crippen LogP contribution in [0.1, 0.15) is 65.2 Å². The van der Waals surface area contributed by atoms with Crippen molar-refractivity contribution in [3.8, 4) is 0 Å². The highest BCUT2D eigenvalue weighted by atomic mass is 15.2. The van der Waals surface area contributed by atoms with Gasteiger partial charge in [-0.3, -0.25) is 4.90 Å². The number of likely N-dealkylation sites (tertiary alicyclic amines) is 1. The highest BCUT2D eigenvalue weighted by Gasteiger charge is 2.54. The summed E-state index contributed by atoms with van der Waals surface area (Å²) >= 11 is 0. The third kappa shape index (κ3) is 2.37. The van der Waals surface area contributed by atoms with E-state index < -0.39 is 0 Å². The summed E-state index contributed by atoms with van der Waals surface area (Å²) < 4.78 is 0. The molecule has 4 aliphatic carbocycles. The molecule has 2 heteroatoms. The van der Waals surface area contributed by atoms with Crippen LogP contribution in [0.4, 0.5) is 0 Å². The number of likely N-dealkylation sites (N-methyl/N-ethyl adjacent to an activating group) is 1. The summed E-state index contributed by atoms with van der Waals surface area (Å²) in [5.74, 6) is 3.20. The first-order valence-corrected chi connectivity index (χ1v) is 9.43. The number of hydrogen-bond donors (Lipinski definition) is 1. The quantitative estimate of drug-likeness (QED) is 0.850. The zero-order valence-electron chi connectivity index (χ0n) is 14.3. The second-order valence-electron chi connectivity index (χ2n) is 9.48. The van der Waals surface area contributed by atoms with Crippen molar-refractivity contribution in [2.45, 2.75) is 76.8 Å². The van der Waals surface area contributed by atoms with Crippen LogP contribution in [-0.4, -0.2) is 36.6 Å². The van der Waals surface area contributed by atoms with Gasteiger partial charge < -0.3 is 5.32 Å². The monoisotopic (exact) mass is 290 g/mol. The standard InChI is InChI=1S/C19H34N2/c1-18(2)5-4-6-21(18)13-17(20-3)19-10-14-7-15(11-19)9-16(8-14)12-19/h14-17,20H,4-13H2,1-3H3. The Labute approximate surface area is 131 Å².